The molecule has 3 rings (SSSR count). The van der Waals surface area contributed by atoms with Crippen LogP contribution in [0.1, 0.15) is 60.5 Å². The summed E-state index contributed by atoms with van der Waals surface area (Å²) in [5.74, 6) is 1.15. The number of aromatic hydroxyl groups is 1. The highest BCUT2D eigenvalue weighted by atomic mass is 79.9. The number of carbonyl (C=O) groups excluding carboxylic acids is 1. The average molecular weight is 501 g/mol. The van der Waals surface area contributed by atoms with Crippen molar-refractivity contribution in [3.8, 4) is 17.2 Å². The van der Waals surface area contributed by atoms with Crippen LogP contribution in [0, 0.1) is 0 Å². The molecule has 2 aromatic carbocycles. The first-order valence-corrected chi connectivity index (χ1v) is 11.5. The molecule has 1 aliphatic heterocycles. The Balaban J connectivity index is 1.81. The van der Waals surface area contributed by atoms with Crippen molar-refractivity contribution in [3.05, 3.63) is 69.7 Å². The van der Waals surface area contributed by atoms with Gasteiger partial charge in [0, 0.05) is 35.1 Å². The van der Waals surface area contributed by atoms with E-state index in [9.17, 15) is 9.90 Å². The van der Waals surface area contributed by atoms with Gasteiger partial charge in [-0.05, 0) is 72.1 Å². The standard InChI is InChI=1S/C26H29BrO5/c1-16(2)17(3)20-13-18(8-11-23(20)29)22(28)10-9-19-14-21(27)25(15-24(19)30-4)32-26-7-5-6-12-31-26/h8-11,13-15,17,26,29H,1,5-7,12H2,2-4H3/b10-9+. The molecule has 1 heterocycles. The minimum absolute atomic E-state index is 0.0523. The van der Waals surface area contributed by atoms with Crippen molar-refractivity contribution >= 4 is 27.8 Å². The van der Waals surface area contributed by atoms with Crippen LogP contribution in [0.25, 0.3) is 6.08 Å². The number of hydrogen-bond acceptors (Lipinski definition) is 5. The molecule has 0 spiro atoms. The van der Waals surface area contributed by atoms with E-state index in [2.05, 4.69) is 22.5 Å². The molecule has 2 atom stereocenters. The topological polar surface area (TPSA) is 65.0 Å². The number of phenols is 1. The van der Waals surface area contributed by atoms with Gasteiger partial charge in [-0.1, -0.05) is 19.1 Å². The third-order valence-corrected chi connectivity index (χ3v) is 6.23. The molecular weight excluding hydrogens is 472 g/mol. The summed E-state index contributed by atoms with van der Waals surface area (Å²) < 4.78 is 17.9. The highest BCUT2D eigenvalue weighted by molar-refractivity contribution is 9.10. The quantitative estimate of drug-likeness (QED) is 0.250. The Morgan fingerprint density at radius 2 is 2.06 bits per heavy atom. The lowest BCUT2D eigenvalue weighted by Gasteiger charge is -2.24. The number of halogens is 1. The second-order valence-corrected chi connectivity index (χ2v) is 8.83. The summed E-state index contributed by atoms with van der Waals surface area (Å²) in [6, 6.07) is 8.53. The number of rotatable bonds is 8. The predicted octanol–water partition coefficient (Wildman–Crippen LogP) is 6.64. The first-order chi connectivity index (χ1) is 15.3. The normalized spacial score (nSPS) is 17.2. The third kappa shape index (κ3) is 5.81. The molecule has 0 aromatic heterocycles. The highest BCUT2D eigenvalue weighted by Gasteiger charge is 2.18. The van der Waals surface area contributed by atoms with Crippen molar-refractivity contribution in [1.29, 1.82) is 0 Å². The van der Waals surface area contributed by atoms with Crippen LogP contribution in [-0.4, -0.2) is 30.9 Å². The number of ether oxygens (including phenoxy) is 3. The van der Waals surface area contributed by atoms with Crippen LogP contribution < -0.4 is 9.47 Å². The molecule has 6 heteroatoms. The van der Waals surface area contributed by atoms with Gasteiger partial charge < -0.3 is 19.3 Å². The summed E-state index contributed by atoms with van der Waals surface area (Å²) in [4.78, 5) is 12.8. The van der Waals surface area contributed by atoms with E-state index in [1.807, 2.05) is 19.9 Å². The zero-order valence-electron chi connectivity index (χ0n) is 18.7. The molecular formula is C26H29BrO5. The molecule has 1 saturated heterocycles. The van der Waals surface area contributed by atoms with Gasteiger partial charge in [0.05, 0.1) is 18.2 Å². The van der Waals surface area contributed by atoms with Crippen molar-refractivity contribution in [2.24, 2.45) is 0 Å². The summed E-state index contributed by atoms with van der Waals surface area (Å²) in [6.07, 6.45) is 5.92. The lowest BCUT2D eigenvalue weighted by Crippen LogP contribution is -2.25. The molecule has 2 unspecified atom stereocenters. The Morgan fingerprint density at radius 1 is 1.28 bits per heavy atom. The minimum atomic E-state index is -0.266. The third-order valence-electron chi connectivity index (χ3n) is 5.61. The van der Waals surface area contributed by atoms with E-state index in [4.69, 9.17) is 14.2 Å². The Morgan fingerprint density at radius 3 is 2.72 bits per heavy atom. The van der Waals surface area contributed by atoms with Crippen molar-refractivity contribution in [2.45, 2.75) is 45.3 Å². The van der Waals surface area contributed by atoms with Crippen LogP contribution in [0.5, 0.6) is 17.2 Å². The minimum Gasteiger partial charge on any atom is -0.508 e. The smallest absolute Gasteiger partial charge is 0.199 e. The molecule has 2 aromatic rings. The maximum Gasteiger partial charge on any atom is 0.199 e. The number of benzene rings is 2. The van der Waals surface area contributed by atoms with Crippen LogP contribution >= 0.6 is 15.9 Å². The van der Waals surface area contributed by atoms with Gasteiger partial charge in [-0.25, -0.2) is 0 Å². The molecule has 1 N–H and O–H groups in total. The molecule has 32 heavy (non-hydrogen) atoms. The van der Waals surface area contributed by atoms with Gasteiger partial charge >= 0.3 is 0 Å². The lowest BCUT2D eigenvalue weighted by atomic mass is 9.92. The van der Waals surface area contributed by atoms with E-state index in [1.54, 1.807) is 37.5 Å². The Labute approximate surface area is 197 Å². The molecule has 0 saturated carbocycles. The van der Waals surface area contributed by atoms with Gasteiger partial charge in [0.2, 0.25) is 0 Å². The molecule has 5 nitrogen and oxygen atoms in total. The van der Waals surface area contributed by atoms with E-state index in [-0.39, 0.29) is 23.7 Å². The monoisotopic (exact) mass is 500 g/mol. The van der Waals surface area contributed by atoms with Crippen molar-refractivity contribution in [1.82, 2.24) is 0 Å². The van der Waals surface area contributed by atoms with Crippen LogP contribution in [-0.2, 0) is 4.74 Å². The first-order valence-electron chi connectivity index (χ1n) is 10.7. The largest absolute Gasteiger partial charge is 0.508 e. The number of hydrogen-bond donors (Lipinski definition) is 1. The summed E-state index contributed by atoms with van der Waals surface area (Å²) in [5, 5.41) is 10.2. The molecule has 0 radical (unpaired) electrons. The number of ketones is 1. The molecule has 0 aliphatic carbocycles. The van der Waals surface area contributed by atoms with Crippen molar-refractivity contribution in [3.63, 3.8) is 0 Å². The number of allylic oxidation sites excluding steroid dienone is 2. The summed E-state index contributed by atoms with van der Waals surface area (Å²) >= 11 is 3.55. The van der Waals surface area contributed by atoms with E-state index in [0.717, 1.165) is 34.9 Å². The molecule has 1 fully saturated rings. The van der Waals surface area contributed by atoms with Crippen LogP contribution in [0.15, 0.2) is 53.0 Å². The summed E-state index contributed by atoms with van der Waals surface area (Å²) in [7, 11) is 1.58. The van der Waals surface area contributed by atoms with Gasteiger partial charge in [0.15, 0.2) is 12.1 Å². The van der Waals surface area contributed by atoms with Crippen molar-refractivity contribution < 1.29 is 24.1 Å². The second kappa shape index (κ2) is 10.8. The van der Waals surface area contributed by atoms with Crippen LogP contribution in [0.3, 0.4) is 0 Å². The van der Waals surface area contributed by atoms with Crippen LogP contribution in [0.4, 0.5) is 0 Å². The SMILES string of the molecule is C=C(C)C(C)c1cc(C(=O)/C=C/c2cc(Br)c(OC3CCCCO3)cc2OC)ccc1O. The zero-order chi connectivity index (χ0) is 23.3. The number of methoxy groups -OCH3 is 1. The van der Waals surface area contributed by atoms with E-state index in [0.29, 0.717) is 29.2 Å². The molecule has 0 bridgehead atoms. The molecule has 1 aliphatic rings. The number of phenolic OH excluding ortho intramolecular Hbond substituents is 1. The highest BCUT2D eigenvalue weighted by Crippen LogP contribution is 2.36. The van der Waals surface area contributed by atoms with Crippen LogP contribution in [0.2, 0.25) is 0 Å². The van der Waals surface area contributed by atoms with Gasteiger partial charge in [-0.3, -0.25) is 4.79 Å². The van der Waals surface area contributed by atoms with Gasteiger partial charge in [-0.15, -0.1) is 0 Å². The fraction of sp³-hybridized carbons (Fsp3) is 0.346. The Bertz CT molecular complexity index is 1020. The van der Waals surface area contributed by atoms with E-state index >= 15 is 0 Å². The molecule has 170 valence electrons. The fourth-order valence-corrected chi connectivity index (χ4v) is 3.93. The fourth-order valence-electron chi connectivity index (χ4n) is 3.47. The second-order valence-electron chi connectivity index (χ2n) is 7.98. The maximum absolute atomic E-state index is 12.8. The summed E-state index contributed by atoms with van der Waals surface area (Å²) in [6.45, 7) is 8.50. The molecule has 0 amide bonds. The van der Waals surface area contributed by atoms with Crippen molar-refractivity contribution in [2.75, 3.05) is 13.7 Å². The maximum atomic E-state index is 12.8. The van der Waals surface area contributed by atoms with E-state index < -0.39 is 0 Å². The lowest BCUT2D eigenvalue weighted by molar-refractivity contribution is -0.106. The zero-order valence-corrected chi connectivity index (χ0v) is 20.3. The summed E-state index contributed by atoms with van der Waals surface area (Å²) in [5.41, 5.74) is 2.83. The average Bonchev–Trinajstić information content (AvgIpc) is 2.79. The predicted molar refractivity (Wildman–Crippen MR) is 130 cm³/mol. The first kappa shape index (κ1) is 24.1. The van der Waals surface area contributed by atoms with Gasteiger partial charge in [-0.2, -0.15) is 0 Å². The Kier molecular flexibility index (Phi) is 8.15. The number of carbonyl (C=O) groups is 1. The Hall–Kier alpha value is -2.57. The van der Waals surface area contributed by atoms with E-state index in [1.165, 1.54) is 6.08 Å². The van der Waals surface area contributed by atoms with Gasteiger partial charge in [0.25, 0.3) is 0 Å². The van der Waals surface area contributed by atoms with Gasteiger partial charge in [0.1, 0.15) is 17.2 Å².